The fraction of sp³-hybridized carbons (Fsp3) is 0.875. The lowest BCUT2D eigenvalue weighted by molar-refractivity contribution is -0.128. The second-order valence-corrected chi connectivity index (χ2v) is 4.72. The molecule has 1 amide bonds. The fourth-order valence-electron chi connectivity index (χ4n) is 0.841. The topological polar surface area (TPSA) is 63.4 Å². The molecule has 78 valence electrons. The van der Waals surface area contributed by atoms with Gasteiger partial charge in [-0.3, -0.25) is 9.00 Å². The van der Waals surface area contributed by atoms with Crippen LogP contribution in [0.3, 0.4) is 0 Å². The lowest BCUT2D eigenvalue weighted by atomic mass is 10.3. The summed E-state index contributed by atoms with van der Waals surface area (Å²) in [5.41, 5.74) is 5.24. The smallest absolute Gasteiger partial charge is 0.222 e. The molecule has 0 aliphatic carbocycles. The van der Waals surface area contributed by atoms with Gasteiger partial charge in [0.05, 0.1) is 0 Å². The monoisotopic (exact) mass is 206 g/mol. The van der Waals surface area contributed by atoms with Crippen LogP contribution in [0.4, 0.5) is 0 Å². The van der Waals surface area contributed by atoms with Gasteiger partial charge in [-0.1, -0.05) is 0 Å². The molecule has 0 heterocycles. The molecular weight excluding hydrogens is 188 g/mol. The number of hydrogen-bond acceptors (Lipinski definition) is 3. The van der Waals surface area contributed by atoms with Crippen LogP contribution in [0.1, 0.15) is 12.8 Å². The van der Waals surface area contributed by atoms with E-state index in [-0.39, 0.29) is 5.91 Å². The minimum Gasteiger partial charge on any atom is -0.349 e. The molecule has 0 aromatic rings. The molecule has 2 N–H and O–H groups in total. The molecule has 1 unspecified atom stereocenters. The Kier molecular flexibility index (Phi) is 6.80. The van der Waals surface area contributed by atoms with Crippen LogP contribution in [-0.2, 0) is 15.6 Å². The Morgan fingerprint density at radius 2 is 2.00 bits per heavy atom. The summed E-state index contributed by atoms with van der Waals surface area (Å²) < 4.78 is 11.1. The molecule has 0 saturated heterocycles. The maximum Gasteiger partial charge on any atom is 0.222 e. The SMILES string of the molecule is CN(C)C(=O)CCCS(=O)CCN. The summed E-state index contributed by atoms with van der Waals surface area (Å²) in [5, 5.41) is 0. The molecule has 0 aromatic heterocycles. The second-order valence-electron chi connectivity index (χ2n) is 3.03. The van der Waals surface area contributed by atoms with Crippen LogP contribution in [0.15, 0.2) is 0 Å². The minimum absolute atomic E-state index is 0.0877. The van der Waals surface area contributed by atoms with Gasteiger partial charge in [-0.25, -0.2) is 0 Å². The number of nitrogens with zero attached hydrogens (tertiary/aromatic N) is 1. The third-order valence-corrected chi connectivity index (χ3v) is 3.04. The summed E-state index contributed by atoms with van der Waals surface area (Å²) in [5.74, 6) is 1.21. The zero-order valence-electron chi connectivity index (χ0n) is 8.28. The van der Waals surface area contributed by atoms with Crippen molar-refractivity contribution in [2.75, 3.05) is 32.1 Å². The van der Waals surface area contributed by atoms with Crippen LogP contribution in [0.5, 0.6) is 0 Å². The summed E-state index contributed by atoms with van der Waals surface area (Å²) in [6.07, 6.45) is 1.16. The van der Waals surface area contributed by atoms with Gasteiger partial charge in [-0.2, -0.15) is 0 Å². The maximum absolute atomic E-state index is 11.1. The van der Waals surface area contributed by atoms with Gasteiger partial charge in [0.2, 0.25) is 5.91 Å². The summed E-state index contributed by atoms with van der Waals surface area (Å²) in [7, 11) is 2.60. The number of carbonyl (C=O) groups is 1. The van der Waals surface area contributed by atoms with Crippen molar-refractivity contribution in [1.82, 2.24) is 4.90 Å². The van der Waals surface area contributed by atoms with Gasteiger partial charge in [-0.05, 0) is 6.42 Å². The molecule has 0 saturated carbocycles. The molecule has 4 nitrogen and oxygen atoms in total. The van der Waals surface area contributed by atoms with E-state index in [1.807, 2.05) is 0 Å². The third kappa shape index (κ3) is 6.72. The second kappa shape index (κ2) is 7.03. The lowest BCUT2D eigenvalue weighted by Crippen LogP contribution is -2.22. The summed E-state index contributed by atoms with van der Waals surface area (Å²) in [6.45, 7) is 0.453. The van der Waals surface area contributed by atoms with Crippen molar-refractivity contribution in [3.05, 3.63) is 0 Å². The number of carbonyl (C=O) groups excluding carboxylic acids is 1. The summed E-state index contributed by atoms with van der Waals surface area (Å²) in [6, 6.07) is 0. The highest BCUT2D eigenvalue weighted by atomic mass is 32.2. The van der Waals surface area contributed by atoms with E-state index < -0.39 is 10.8 Å². The Morgan fingerprint density at radius 1 is 1.38 bits per heavy atom. The third-order valence-electron chi connectivity index (χ3n) is 1.61. The quantitative estimate of drug-likeness (QED) is 0.641. The first-order valence-corrected chi connectivity index (χ1v) is 5.82. The molecule has 0 aromatic carbocycles. The maximum atomic E-state index is 11.1. The standard InChI is InChI=1S/C8H18N2O2S/c1-10(2)8(11)4-3-6-13(12)7-5-9/h3-7,9H2,1-2H3. The Bertz CT molecular complexity index is 183. The van der Waals surface area contributed by atoms with Crippen molar-refractivity contribution in [2.45, 2.75) is 12.8 Å². The van der Waals surface area contributed by atoms with E-state index in [4.69, 9.17) is 5.73 Å². The molecule has 1 atom stereocenters. The van der Waals surface area contributed by atoms with Gasteiger partial charge >= 0.3 is 0 Å². The molecular formula is C8H18N2O2S. The van der Waals surface area contributed by atoms with E-state index in [9.17, 15) is 9.00 Å². The normalized spacial score (nSPS) is 12.5. The van der Waals surface area contributed by atoms with Crippen LogP contribution in [0, 0.1) is 0 Å². The van der Waals surface area contributed by atoms with E-state index in [0.717, 1.165) is 0 Å². The van der Waals surface area contributed by atoms with E-state index in [0.29, 0.717) is 30.9 Å². The Balaban J connectivity index is 3.45. The molecule has 5 heteroatoms. The van der Waals surface area contributed by atoms with Crippen molar-refractivity contribution >= 4 is 16.7 Å². The molecule has 0 fully saturated rings. The molecule has 0 rings (SSSR count). The fourth-order valence-corrected chi connectivity index (χ4v) is 1.77. The Labute approximate surface area is 81.9 Å². The van der Waals surface area contributed by atoms with Gasteiger partial charge in [0.15, 0.2) is 0 Å². The van der Waals surface area contributed by atoms with E-state index in [2.05, 4.69) is 0 Å². The highest BCUT2D eigenvalue weighted by molar-refractivity contribution is 7.84. The van der Waals surface area contributed by atoms with Crippen LogP contribution in [0.25, 0.3) is 0 Å². The van der Waals surface area contributed by atoms with Gasteiger partial charge in [0, 0.05) is 49.4 Å². The molecule has 0 bridgehead atoms. The molecule has 0 aliphatic heterocycles. The van der Waals surface area contributed by atoms with Gasteiger partial charge in [-0.15, -0.1) is 0 Å². The number of hydrogen-bond donors (Lipinski definition) is 1. The van der Waals surface area contributed by atoms with Crippen molar-refractivity contribution in [3.8, 4) is 0 Å². The van der Waals surface area contributed by atoms with Crippen molar-refractivity contribution in [3.63, 3.8) is 0 Å². The zero-order chi connectivity index (χ0) is 10.3. The summed E-state index contributed by atoms with van der Waals surface area (Å²) in [4.78, 5) is 12.6. The van der Waals surface area contributed by atoms with Crippen molar-refractivity contribution in [1.29, 1.82) is 0 Å². The van der Waals surface area contributed by atoms with Crippen LogP contribution in [-0.4, -0.2) is 47.2 Å². The van der Waals surface area contributed by atoms with Crippen LogP contribution in [0.2, 0.25) is 0 Å². The van der Waals surface area contributed by atoms with Gasteiger partial charge < -0.3 is 10.6 Å². The predicted octanol–water partition coefficient (Wildman–Crippen LogP) is -0.438. The number of rotatable bonds is 6. The average Bonchev–Trinajstić information content (AvgIpc) is 2.04. The number of amides is 1. The Hall–Kier alpha value is -0.420. The zero-order valence-corrected chi connectivity index (χ0v) is 9.10. The first-order valence-electron chi connectivity index (χ1n) is 4.33. The minimum atomic E-state index is -0.845. The van der Waals surface area contributed by atoms with Crippen LogP contribution >= 0.6 is 0 Å². The average molecular weight is 206 g/mol. The first-order chi connectivity index (χ1) is 6.07. The lowest BCUT2D eigenvalue weighted by Gasteiger charge is -2.09. The molecule has 13 heavy (non-hydrogen) atoms. The van der Waals surface area contributed by atoms with E-state index in [1.54, 1.807) is 19.0 Å². The highest BCUT2D eigenvalue weighted by Crippen LogP contribution is 1.95. The van der Waals surface area contributed by atoms with Crippen LogP contribution < -0.4 is 5.73 Å². The van der Waals surface area contributed by atoms with E-state index >= 15 is 0 Å². The molecule has 0 spiro atoms. The molecule has 0 radical (unpaired) electrons. The predicted molar refractivity (Wildman–Crippen MR) is 54.9 cm³/mol. The van der Waals surface area contributed by atoms with Gasteiger partial charge in [0.1, 0.15) is 0 Å². The Morgan fingerprint density at radius 3 is 2.46 bits per heavy atom. The number of nitrogens with two attached hydrogens (primary N) is 1. The van der Waals surface area contributed by atoms with Crippen molar-refractivity contribution in [2.24, 2.45) is 5.73 Å². The largest absolute Gasteiger partial charge is 0.349 e. The van der Waals surface area contributed by atoms with Crippen molar-refractivity contribution < 1.29 is 9.00 Å². The molecule has 0 aliphatic rings. The summed E-state index contributed by atoms with van der Waals surface area (Å²) >= 11 is 0. The van der Waals surface area contributed by atoms with Gasteiger partial charge in [0.25, 0.3) is 0 Å². The highest BCUT2D eigenvalue weighted by Gasteiger charge is 2.04. The van der Waals surface area contributed by atoms with E-state index in [1.165, 1.54) is 0 Å². The first kappa shape index (κ1) is 12.6.